The molecule has 0 aliphatic carbocycles. The summed E-state index contributed by atoms with van der Waals surface area (Å²) in [4.78, 5) is 62.6. The Kier molecular flexibility index (Phi) is 9.70. The number of H-pyrrole nitrogens is 2. The minimum atomic E-state index is -1.37. The molecule has 2 rings (SSSR count). The molecular formula is C20H30N8O6. The molecule has 14 nitrogen and oxygen atoms in total. The molecule has 3 amide bonds. The van der Waals surface area contributed by atoms with Crippen LogP contribution in [-0.4, -0.2) is 84.6 Å². The number of amides is 3. The number of nitrogens with two attached hydrogens (primary N) is 1. The fourth-order valence-corrected chi connectivity index (χ4v) is 3.07. The SMILES string of the molecule is CC(C)C(NC(=O)C(CO)NC(=O)C(N)Cc1cnc[nH]1)C(=O)NC(Cc1cnc[nH]1)C(=O)O. The van der Waals surface area contributed by atoms with E-state index in [1.165, 1.54) is 25.0 Å². The number of hydrogen-bond acceptors (Lipinski definition) is 8. The van der Waals surface area contributed by atoms with Crippen molar-refractivity contribution in [1.82, 2.24) is 35.9 Å². The van der Waals surface area contributed by atoms with Gasteiger partial charge in [-0.25, -0.2) is 14.8 Å². The maximum atomic E-state index is 12.8. The maximum Gasteiger partial charge on any atom is 0.326 e. The molecule has 0 spiro atoms. The molecule has 0 aromatic carbocycles. The van der Waals surface area contributed by atoms with Crippen LogP contribution in [0.4, 0.5) is 0 Å². The topological polar surface area (TPSA) is 228 Å². The number of aliphatic hydroxyl groups excluding tert-OH is 1. The van der Waals surface area contributed by atoms with Crippen LogP contribution in [0.1, 0.15) is 25.2 Å². The van der Waals surface area contributed by atoms with E-state index in [4.69, 9.17) is 5.73 Å². The van der Waals surface area contributed by atoms with Crippen molar-refractivity contribution < 1.29 is 29.4 Å². The summed E-state index contributed by atoms with van der Waals surface area (Å²) in [5.74, 6) is -3.92. The van der Waals surface area contributed by atoms with Crippen molar-refractivity contribution in [3.63, 3.8) is 0 Å². The first-order valence-electron chi connectivity index (χ1n) is 10.6. The lowest BCUT2D eigenvalue weighted by atomic mass is 10.0. The number of nitrogens with one attached hydrogen (secondary N) is 5. The van der Waals surface area contributed by atoms with Gasteiger partial charge in [-0.05, 0) is 5.92 Å². The summed E-state index contributed by atoms with van der Waals surface area (Å²) in [6, 6.07) is -4.76. The van der Waals surface area contributed by atoms with E-state index in [1.807, 2.05) is 0 Å². The van der Waals surface area contributed by atoms with Crippen molar-refractivity contribution in [2.45, 2.75) is 50.9 Å². The molecule has 0 bridgehead atoms. The number of aromatic nitrogens is 4. The van der Waals surface area contributed by atoms with Gasteiger partial charge in [-0.1, -0.05) is 13.8 Å². The Morgan fingerprint density at radius 3 is 1.94 bits per heavy atom. The molecule has 2 heterocycles. The van der Waals surface area contributed by atoms with Gasteiger partial charge < -0.3 is 41.9 Å². The lowest BCUT2D eigenvalue weighted by molar-refractivity contribution is -0.142. The van der Waals surface area contributed by atoms with Gasteiger partial charge in [-0.15, -0.1) is 0 Å². The van der Waals surface area contributed by atoms with E-state index in [0.717, 1.165) is 0 Å². The van der Waals surface area contributed by atoms with Gasteiger partial charge >= 0.3 is 5.97 Å². The highest BCUT2D eigenvalue weighted by molar-refractivity contribution is 5.94. The van der Waals surface area contributed by atoms with Gasteiger partial charge in [0.05, 0.1) is 25.3 Å². The van der Waals surface area contributed by atoms with Gasteiger partial charge in [-0.2, -0.15) is 0 Å². The number of rotatable bonds is 13. The zero-order valence-corrected chi connectivity index (χ0v) is 18.8. The van der Waals surface area contributed by atoms with Crippen molar-refractivity contribution in [2.75, 3.05) is 6.61 Å². The molecular weight excluding hydrogens is 448 g/mol. The standard InChI is InChI=1S/C20H30N8O6/c1-10(2)16(19(32)26-14(20(33)34)4-12-6-23-9-25-12)28-18(31)15(7-29)27-17(30)13(21)3-11-5-22-8-24-11/h5-6,8-10,13-16,29H,3-4,7,21H2,1-2H3,(H,22,24)(H,23,25)(H,26,32)(H,27,30)(H,28,31)(H,33,34). The Hall–Kier alpha value is -3.78. The molecule has 14 heteroatoms. The number of carbonyl (C=O) groups excluding carboxylic acids is 3. The van der Waals surface area contributed by atoms with Crippen molar-refractivity contribution >= 4 is 23.7 Å². The van der Waals surface area contributed by atoms with Crippen molar-refractivity contribution in [3.05, 3.63) is 36.4 Å². The highest BCUT2D eigenvalue weighted by Gasteiger charge is 2.32. The van der Waals surface area contributed by atoms with Gasteiger partial charge in [0.1, 0.15) is 18.1 Å². The molecule has 9 N–H and O–H groups in total. The lowest BCUT2D eigenvalue weighted by Crippen LogP contribution is -2.59. The van der Waals surface area contributed by atoms with Gasteiger partial charge in [0.25, 0.3) is 0 Å². The average Bonchev–Trinajstić information content (AvgIpc) is 3.48. The third kappa shape index (κ3) is 7.67. The summed E-state index contributed by atoms with van der Waals surface area (Å²) in [7, 11) is 0. The van der Waals surface area contributed by atoms with Crippen LogP contribution < -0.4 is 21.7 Å². The molecule has 2 aromatic rings. The van der Waals surface area contributed by atoms with E-state index in [0.29, 0.717) is 11.4 Å². The minimum absolute atomic E-state index is 0.0383. The van der Waals surface area contributed by atoms with Crippen LogP contribution in [0.2, 0.25) is 0 Å². The number of nitrogens with zero attached hydrogens (tertiary/aromatic N) is 2. The van der Waals surface area contributed by atoms with Crippen molar-refractivity contribution in [1.29, 1.82) is 0 Å². The normalized spacial score (nSPS) is 14.6. The maximum absolute atomic E-state index is 12.8. The van der Waals surface area contributed by atoms with Crippen LogP contribution in [0.25, 0.3) is 0 Å². The summed E-state index contributed by atoms with van der Waals surface area (Å²) in [5, 5.41) is 26.3. The second kappa shape index (κ2) is 12.5. The number of aliphatic hydroxyl groups is 1. The summed E-state index contributed by atoms with van der Waals surface area (Å²) in [5.41, 5.74) is 6.97. The van der Waals surface area contributed by atoms with Crippen LogP contribution in [0.5, 0.6) is 0 Å². The van der Waals surface area contributed by atoms with E-state index < -0.39 is 60.4 Å². The van der Waals surface area contributed by atoms with Crippen molar-refractivity contribution in [2.24, 2.45) is 11.7 Å². The van der Waals surface area contributed by atoms with Crippen LogP contribution in [0, 0.1) is 5.92 Å². The highest BCUT2D eigenvalue weighted by atomic mass is 16.4. The highest BCUT2D eigenvalue weighted by Crippen LogP contribution is 2.06. The molecule has 34 heavy (non-hydrogen) atoms. The minimum Gasteiger partial charge on any atom is -0.480 e. The Balaban J connectivity index is 1.99. The average molecular weight is 479 g/mol. The van der Waals surface area contributed by atoms with Crippen LogP contribution in [0.3, 0.4) is 0 Å². The Bertz CT molecular complexity index is 946. The number of aliphatic carboxylic acids is 1. The first-order valence-corrected chi connectivity index (χ1v) is 10.6. The van der Waals surface area contributed by atoms with Gasteiger partial charge in [0.2, 0.25) is 17.7 Å². The molecule has 0 aliphatic heterocycles. The number of carboxylic acid groups (broad SMARTS) is 1. The third-order valence-corrected chi connectivity index (χ3v) is 4.99. The second-order valence-electron chi connectivity index (χ2n) is 8.04. The summed E-state index contributed by atoms with van der Waals surface area (Å²) in [6.07, 6.45) is 5.86. The summed E-state index contributed by atoms with van der Waals surface area (Å²) in [6.45, 7) is 2.57. The van der Waals surface area contributed by atoms with Crippen LogP contribution in [-0.2, 0) is 32.0 Å². The van der Waals surface area contributed by atoms with E-state index in [-0.39, 0.29) is 12.8 Å². The fraction of sp³-hybridized carbons (Fsp3) is 0.500. The Morgan fingerprint density at radius 2 is 1.47 bits per heavy atom. The molecule has 0 aliphatic rings. The molecule has 0 saturated heterocycles. The largest absolute Gasteiger partial charge is 0.480 e. The van der Waals surface area contributed by atoms with E-state index in [1.54, 1.807) is 13.8 Å². The molecule has 4 atom stereocenters. The number of hydrogen-bond donors (Lipinski definition) is 8. The van der Waals surface area contributed by atoms with Gasteiger partial charge in [-0.3, -0.25) is 14.4 Å². The van der Waals surface area contributed by atoms with Crippen LogP contribution in [0.15, 0.2) is 25.0 Å². The molecule has 0 saturated carbocycles. The van der Waals surface area contributed by atoms with E-state index in [9.17, 15) is 29.4 Å². The predicted molar refractivity (Wildman–Crippen MR) is 118 cm³/mol. The molecule has 0 radical (unpaired) electrons. The Labute approximate surface area is 195 Å². The van der Waals surface area contributed by atoms with Gasteiger partial charge in [0, 0.05) is 36.6 Å². The third-order valence-electron chi connectivity index (χ3n) is 4.99. The van der Waals surface area contributed by atoms with E-state index in [2.05, 4.69) is 35.9 Å². The number of carbonyl (C=O) groups is 4. The van der Waals surface area contributed by atoms with Crippen molar-refractivity contribution in [3.8, 4) is 0 Å². The fourth-order valence-electron chi connectivity index (χ4n) is 3.07. The molecule has 186 valence electrons. The second-order valence-corrected chi connectivity index (χ2v) is 8.04. The Morgan fingerprint density at radius 1 is 0.912 bits per heavy atom. The first-order chi connectivity index (χ1) is 16.1. The zero-order valence-electron chi connectivity index (χ0n) is 18.8. The molecule has 4 unspecified atom stereocenters. The number of carboxylic acids is 1. The summed E-state index contributed by atoms with van der Waals surface area (Å²) < 4.78 is 0. The summed E-state index contributed by atoms with van der Waals surface area (Å²) >= 11 is 0. The quantitative estimate of drug-likeness (QED) is 0.151. The number of imidazole rings is 2. The lowest BCUT2D eigenvalue weighted by Gasteiger charge is -2.26. The predicted octanol–water partition coefficient (Wildman–Crippen LogP) is -2.57. The van der Waals surface area contributed by atoms with Gasteiger partial charge in [0.15, 0.2) is 0 Å². The monoisotopic (exact) mass is 478 g/mol. The smallest absolute Gasteiger partial charge is 0.326 e. The molecule has 2 aromatic heterocycles. The molecule has 0 fully saturated rings. The zero-order chi connectivity index (χ0) is 25.3. The van der Waals surface area contributed by atoms with Crippen LogP contribution >= 0.6 is 0 Å². The first kappa shape index (κ1) is 26.5. The van der Waals surface area contributed by atoms with E-state index >= 15 is 0 Å². The number of aromatic amines is 2.